The van der Waals surface area contributed by atoms with Crippen LogP contribution in [0.15, 0.2) is 53.9 Å². The molecule has 0 aliphatic carbocycles. The molecule has 0 aliphatic rings. The van der Waals surface area contributed by atoms with Crippen LogP contribution in [-0.4, -0.2) is 25.1 Å². The Morgan fingerprint density at radius 3 is 2.78 bits per heavy atom. The number of carbonyl (C=O) groups excluding carboxylic acids is 1. The fourth-order valence-electron chi connectivity index (χ4n) is 2.35. The Bertz CT molecular complexity index is 985. The minimum Gasteiger partial charge on any atom is -0.497 e. The van der Waals surface area contributed by atoms with Crippen LogP contribution in [0.5, 0.6) is 11.5 Å². The number of hydrogen-bond donors (Lipinski definition) is 1. The highest BCUT2D eigenvalue weighted by Gasteiger charge is 2.09. The summed E-state index contributed by atoms with van der Waals surface area (Å²) < 4.78 is 23.9. The smallest absolute Gasteiger partial charge is 0.250 e. The van der Waals surface area contributed by atoms with Gasteiger partial charge in [-0.1, -0.05) is 12.1 Å². The lowest BCUT2D eigenvalue weighted by Gasteiger charge is -2.03. The summed E-state index contributed by atoms with van der Waals surface area (Å²) in [7, 11) is 3.00. The van der Waals surface area contributed by atoms with Gasteiger partial charge in [-0.05, 0) is 42.0 Å². The molecule has 3 rings (SSSR count). The van der Waals surface area contributed by atoms with Gasteiger partial charge in [-0.3, -0.25) is 10.1 Å². The van der Waals surface area contributed by atoms with Gasteiger partial charge in [0.25, 0.3) is 0 Å². The molecule has 1 N–H and O–H groups in total. The average Bonchev–Trinajstić information content (AvgIpc) is 3.15. The maximum atomic E-state index is 13.8. The van der Waals surface area contributed by atoms with Gasteiger partial charge in [0.15, 0.2) is 16.7 Å². The van der Waals surface area contributed by atoms with E-state index < -0.39 is 5.82 Å². The predicted octanol–water partition coefficient (Wildman–Crippen LogP) is 4.62. The lowest BCUT2D eigenvalue weighted by Crippen LogP contribution is -2.07. The highest BCUT2D eigenvalue weighted by atomic mass is 32.1. The fraction of sp³-hybridized carbons (Fsp3) is 0.100. The fourth-order valence-corrected chi connectivity index (χ4v) is 3.08. The van der Waals surface area contributed by atoms with E-state index in [0.717, 1.165) is 5.56 Å². The van der Waals surface area contributed by atoms with Crippen LogP contribution < -0.4 is 14.8 Å². The summed E-state index contributed by atoms with van der Waals surface area (Å²) in [5, 5.41) is 4.88. The molecule has 0 saturated heterocycles. The zero-order chi connectivity index (χ0) is 19.2. The molecule has 0 radical (unpaired) electrons. The van der Waals surface area contributed by atoms with E-state index in [4.69, 9.17) is 9.47 Å². The SMILES string of the molecule is COc1cccc(/C=C/C(=O)Nc2nc(-c3ccc(OC)c(F)c3)cs2)c1. The number of rotatable bonds is 6. The number of thiazole rings is 1. The van der Waals surface area contributed by atoms with E-state index >= 15 is 0 Å². The molecule has 2 aromatic carbocycles. The van der Waals surface area contributed by atoms with Crippen molar-refractivity contribution >= 4 is 28.5 Å². The van der Waals surface area contributed by atoms with Gasteiger partial charge < -0.3 is 9.47 Å². The van der Waals surface area contributed by atoms with Crippen molar-refractivity contribution in [3.63, 3.8) is 0 Å². The molecule has 0 bridgehead atoms. The van der Waals surface area contributed by atoms with Crippen LogP contribution in [0, 0.1) is 5.82 Å². The minimum atomic E-state index is -0.463. The molecule has 0 aliphatic heterocycles. The summed E-state index contributed by atoms with van der Waals surface area (Å²) in [5.74, 6) is 0.119. The van der Waals surface area contributed by atoms with Gasteiger partial charge in [0, 0.05) is 17.0 Å². The Morgan fingerprint density at radius 2 is 2.04 bits per heavy atom. The van der Waals surface area contributed by atoms with E-state index in [1.807, 2.05) is 24.3 Å². The second-order valence-electron chi connectivity index (χ2n) is 5.49. The third kappa shape index (κ3) is 4.71. The quantitative estimate of drug-likeness (QED) is 0.630. The van der Waals surface area contributed by atoms with Crippen molar-refractivity contribution in [2.45, 2.75) is 0 Å². The van der Waals surface area contributed by atoms with Crippen LogP contribution in [0.4, 0.5) is 9.52 Å². The standard InChI is InChI=1S/C20H17FN2O3S/c1-25-15-5-3-4-13(10-15)6-9-19(24)23-20-22-17(12-27-20)14-7-8-18(26-2)16(21)11-14/h3-12H,1-2H3,(H,22,23,24)/b9-6+. The van der Waals surface area contributed by atoms with Crippen molar-refractivity contribution in [3.05, 3.63) is 65.3 Å². The Kier molecular flexibility index (Phi) is 5.83. The Balaban J connectivity index is 1.67. The number of nitrogens with one attached hydrogen (secondary N) is 1. The maximum absolute atomic E-state index is 13.8. The largest absolute Gasteiger partial charge is 0.497 e. The number of nitrogens with zero attached hydrogens (tertiary/aromatic N) is 1. The molecule has 7 heteroatoms. The van der Waals surface area contributed by atoms with Crippen molar-refractivity contribution in [3.8, 4) is 22.8 Å². The monoisotopic (exact) mass is 384 g/mol. The van der Waals surface area contributed by atoms with Crippen molar-refractivity contribution in [2.75, 3.05) is 19.5 Å². The Morgan fingerprint density at radius 1 is 1.19 bits per heavy atom. The number of anilines is 1. The Labute approximate surface area is 160 Å². The van der Waals surface area contributed by atoms with E-state index in [2.05, 4.69) is 10.3 Å². The zero-order valence-corrected chi connectivity index (χ0v) is 15.5. The van der Waals surface area contributed by atoms with E-state index in [-0.39, 0.29) is 11.7 Å². The summed E-state index contributed by atoms with van der Waals surface area (Å²) in [6.45, 7) is 0. The van der Waals surface area contributed by atoms with Gasteiger partial charge in [-0.15, -0.1) is 11.3 Å². The zero-order valence-electron chi connectivity index (χ0n) is 14.7. The van der Waals surface area contributed by atoms with Crippen LogP contribution in [0.3, 0.4) is 0 Å². The molecular formula is C20H17FN2O3S. The first-order chi connectivity index (χ1) is 13.1. The lowest BCUT2D eigenvalue weighted by atomic mass is 10.1. The van der Waals surface area contributed by atoms with Crippen molar-refractivity contribution in [1.82, 2.24) is 4.98 Å². The van der Waals surface area contributed by atoms with Gasteiger partial charge in [0.1, 0.15) is 5.75 Å². The van der Waals surface area contributed by atoms with Gasteiger partial charge in [-0.2, -0.15) is 0 Å². The molecule has 0 unspecified atom stereocenters. The first-order valence-electron chi connectivity index (χ1n) is 8.01. The van der Waals surface area contributed by atoms with Crippen LogP contribution in [-0.2, 0) is 4.79 Å². The van der Waals surface area contributed by atoms with Gasteiger partial charge >= 0.3 is 0 Å². The summed E-state index contributed by atoms with van der Waals surface area (Å²) in [6.07, 6.45) is 3.11. The van der Waals surface area contributed by atoms with Gasteiger partial charge in [0.05, 0.1) is 19.9 Å². The number of benzene rings is 2. The topological polar surface area (TPSA) is 60.5 Å². The minimum absolute atomic E-state index is 0.171. The molecule has 0 atom stereocenters. The molecule has 0 fully saturated rings. The second kappa shape index (κ2) is 8.46. The molecule has 1 aromatic heterocycles. The van der Waals surface area contributed by atoms with Gasteiger partial charge in [0.2, 0.25) is 5.91 Å². The van der Waals surface area contributed by atoms with Crippen LogP contribution in [0.25, 0.3) is 17.3 Å². The molecule has 0 spiro atoms. The second-order valence-corrected chi connectivity index (χ2v) is 6.34. The normalized spacial score (nSPS) is 10.8. The van der Waals surface area contributed by atoms with Crippen molar-refractivity contribution in [1.29, 1.82) is 0 Å². The predicted molar refractivity (Wildman–Crippen MR) is 105 cm³/mol. The Hall–Kier alpha value is -3.19. The molecule has 1 heterocycles. The van der Waals surface area contributed by atoms with E-state index in [1.165, 1.54) is 30.6 Å². The van der Waals surface area contributed by atoms with Crippen LogP contribution in [0.1, 0.15) is 5.56 Å². The van der Waals surface area contributed by atoms with E-state index in [0.29, 0.717) is 22.1 Å². The number of hydrogen-bond acceptors (Lipinski definition) is 5. The number of ether oxygens (including phenoxy) is 2. The first-order valence-corrected chi connectivity index (χ1v) is 8.89. The summed E-state index contributed by atoms with van der Waals surface area (Å²) >= 11 is 1.27. The van der Waals surface area contributed by atoms with Crippen LogP contribution >= 0.6 is 11.3 Å². The highest BCUT2D eigenvalue weighted by molar-refractivity contribution is 7.14. The lowest BCUT2D eigenvalue weighted by molar-refractivity contribution is -0.111. The average molecular weight is 384 g/mol. The highest BCUT2D eigenvalue weighted by Crippen LogP contribution is 2.28. The van der Waals surface area contributed by atoms with Crippen molar-refractivity contribution in [2.24, 2.45) is 0 Å². The number of carbonyl (C=O) groups is 1. The molecular weight excluding hydrogens is 367 g/mol. The van der Waals surface area contributed by atoms with Crippen LogP contribution in [0.2, 0.25) is 0 Å². The van der Waals surface area contributed by atoms with E-state index in [9.17, 15) is 9.18 Å². The third-order valence-corrected chi connectivity index (χ3v) is 4.46. The third-order valence-electron chi connectivity index (χ3n) is 3.70. The van der Waals surface area contributed by atoms with E-state index in [1.54, 1.807) is 30.7 Å². The molecule has 1 amide bonds. The number of methoxy groups -OCH3 is 2. The molecule has 138 valence electrons. The summed E-state index contributed by atoms with van der Waals surface area (Å²) in [5.41, 5.74) is 2.03. The van der Waals surface area contributed by atoms with Crippen molar-refractivity contribution < 1.29 is 18.7 Å². The summed E-state index contributed by atoms with van der Waals surface area (Å²) in [4.78, 5) is 16.4. The molecule has 3 aromatic rings. The van der Waals surface area contributed by atoms with Gasteiger partial charge in [-0.25, -0.2) is 9.37 Å². The first kappa shape index (κ1) is 18.6. The molecule has 27 heavy (non-hydrogen) atoms. The number of amides is 1. The summed E-state index contributed by atoms with van der Waals surface area (Å²) in [6, 6.07) is 12.0. The maximum Gasteiger partial charge on any atom is 0.250 e. The molecule has 5 nitrogen and oxygen atoms in total. The number of halogens is 1. The molecule has 0 saturated carbocycles. The number of aromatic nitrogens is 1.